The van der Waals surface area contributed by atoms with Crippen LogP contribution in [0.15, 0.2) is 0 Å². The van der Waals surface area contributed by atoms with E-state index in [2.05, 4.69) is 5.32 Å². The third-order valence-corrected chi connectivity index (χ3v) is 1.90. The summed E-state index contributed by atoms with van der Waals surface area (Å²) in [5, 5.41) is 11.8. The summed E-state index contributed by atoms with van der Waals surface area (Å²) < 4.78 is 81.5. The van der Waals surface area contributed by atoms with Crippen LogP contribution < -0.4 is 5.32 Å². The van der Waals surface area contributed by atoms with Crippen molar-refractivity contribution in [2.45, 2.75) is 50.7 Å². The summed E-state index contributed by atoms with van der Waals surface area (Å²) in [6.07, 6.45) is -13.5. The van der Waals surface area contributed by atoms with Crippen LogP contribution in [0.2, 0.25) is 0 Å². The average molecular weight is 365 g/mol. The number of aliphatic hydroxyl groups is 1. The lowest BCUT2D eigenvalue weighted by Crippen LogP contribution is -2.48. The van der Waals surface area contributed by atoms with E-state index < -0.39 is 45.2 Å². The van der Waals surface area contributed by atoms with Gasteiger partial charge in [0.05, 0.1) is 18.4 Å². The third kappa shape index (κ3) is 21.9. The van der Waals surface area contributed by atoms with Gasteiger partial charge < -0.3 is 25.1 Å². The SMILES string of the molecule is CC(C)NCC(O)(CC(F)(F)F)CC(F)(F)F.O=P(O)(O)O. The topological polar surface area (TPSA) is 110 Å². The molecule has 0 saturated carbocycles. The van der Waals surface area contributed by atoms with Crippen LogP contribution in [0.25, 0.3) is 0 Å². The molecule has 0 radical (unpaired) electrons. The fourth-order valence-corrected chi connectivity index (χ4v) is 1.33. The van der Waals surface area contributed by atoms with Gasteiger partial charge in [-0.05, 0) is 0 Å². The second-order valence-electron chi connectivity index (χ2n) is 4.86. The van der Waals surface area contributed by atoms with Gasteiger partial charge in [0.2, 0.25) is 0 Å². The Morgan fingerprint density at radius 3 is 1.41 bits per heavy atom. The Balaban J connectivity index is 0. The van der Waals surface area contributed by atoms with Crippen molar-refractivity contribution in [1.29, 1.82) is 0 Å². The van der Waals surface area contributed by atoms with Crippen molar-refractivity contribution >= 4 is 7.82 Å². The molecular formula is C9H18F6NO5P. The van der Waals surface area contributed by atoms with Gasteiger partial charge in [-0.3, -0.25) is 0 Å². The summed E-state index contributed by atoms with van der Waals surface area (Å²) >= 11 is 0. The van der Waals surface area contributed by atoms with E-state index in [1.54, 1.807) is 13.8 Å². The molecule has 0 heterocycles. The van der Waals surface area contributed by atoms with E-state index in [0.717, 1.165) is 0 Å². The molecule has 0 aromatic carbocycles. The Kier molecular flexibility index (Phi) is 9.18. The molecule has 0 spiro atoms. The zero-order chi connectivity index (χ0) is 18.4. The van der Waals surface area contributed by atoms with Crippen molar-refractivity contribution in [2.24, 2.45) is 0 Å². The van der Waals surface area contributed by atoms with Gasteiger partial charge in [-0.2, -0.15) is 26.3 Å². The molecule has 5 N–H and O–H groups in total. The molecule has 0 aliphatic carbocycles. The van der Waals surface area contributed by atoms with E-state index in [4.69, 9.17) is 19.2 Å². The van der Waals surface area contributed by atoms with E-state index in [-0.39, 0.29) is 6.04 Å². The second kappa shape index (κ2) is 8.46. The quantitative estimate of drug-likeness (QED) is 0.375. The molecule has 22 heavy (non-hydrogen) atoms. The first-order valence-corrected chi connectivity index (χ1v) is 7.27. The summed E-state index contributed by atoms with van der Waals surface area (Å²) in [5.41, 5.74) is -2.86. The number of hydrogen-bond donors (Lipinski definition) is 5. The summed E-state index contributed by atoms with van der Waals surface area (Å²) in [6.45, 7) is 2.35. The monoisotopic (exact) mass is 365 g/mol. The number of halogens is 6. The summed E-state index contributed by atoms with van der Waals surface area (Å²) in [6, 6.07) is -0.317. The van der Waals surface area contributed by atoms with Crippen LogP contribution in [0, 0.1) is 0 Å². The van der Waals surface area contributed by atoms with Gasteiger partial charge in [0.15, 0.2) is 0 Å². The maximum Gasteiger partial charge on any atom is 0.466 e. The van der Waals surface area contributed by atoms with Crippen LogP contribution in [-0.2, 0) is 4.57 Å². The lowest BCUT2D eigenvalue weighted by molar-refractivity contribution is -0.215. The van der Waals surface area contributed by atoms with E-state index in [0.29, 0.717) is 0 Å². The number of rotatable bonds is 5. The molecule has 136 valence electrons. The normalized spacial score (nSPS) is 13.9. The highest BCUT2D eigenvalue weighted by atomic mass is 31.2. The number of hydrogen-bond acceptors (Lipinski definition) is 3. The maximum absolute atomic E-state index is 12.1. The van der Waals surface area contributed by atoms with Gasteiger partial charge >= 0.3 is 20.2 Å². The van der Waals surface area contributed by atoms with Crippen molar-refractivity contribution in [1.82, 2.24) is 5.32 Å². The van der Waals surface area contributed by atoms with Crippen LogP contribution in [0.5, 0.6) is 0 Å². The Hall–Kier alpha value is -0.390. The van der Waals surface area contributed by atoms with Crippen LogP contribution in [-0.4, -0.2) is 50.3 Å². The fourth-order valence-electron chi connectivity index (χ4n) is 1.33. The number of nitrogens with one attached hydrogen (secondary N) is 1. The highest BCUT2D eigenvalue weighted by Gasteiger charge is 2.47. The van der Waals surface area contributed by atoms with Crippen molar-refractivity contribution in [2.75, 3.05) is 6.54 Å². The van der Waals surface area contributed by atoms with Crippen molar-refractivity contribution < 1.29 is 50.7 Å². The summed E-state index contributed by atoms with van der Waals surface area (Å²) in [5.74, 6) is 0. The Morgan fingerprint density at radius 1 is 0.955 bits per heavy atom. The van der Waals surface area contributed by atoms with Crippen LogP contribution in [0.1, 0.15) is 26.7 Å². The molecule has 0 aliphatic rings. The highest BCUT2D eigenvalue weighted by molar-refractivity contribution is 7.45. The lowest BCUT2D eigenvalue weighted by atomic mass is 9.94. The first-order chi connectivity index (χ1) is 9.33. The standard InChI is InChI=1S/C9H15F6NO.H3O4P/c1-6(2)16-5-7(17,3-8(10,11)12)4-9(13,14)15;1-5(2,3)4/h6,16-17H,3-5H2,1-2H3;(H3,1,2,3,4). The van der Waals surface area contributed by atoms with E-state index in [1.807, 2.05) is 0 Å². The Bertz CT molecular complexity index is 342. The molecule has 0 aromatic heterocycles. The number of alkyl halides is 6. The van der Waals surface area contributed by atoms with Gasteiger partial charge in [-0.1, -0.05) is 13.8 Å². The second-order valence-corrected chi connectivity index (χ2v) is 5.88. The molecule has 0 aliphatic heterocycles. The molecule has 0 bridgehead atoms. The van der Waals surface area contributed by atoms with Crippen molar-refractivity contribution in [3.8, 4) is 0 Å². The summed E-state index contributed by atoms with van der Waals surface area (Å²) in [4.78, 5) is 21.6. The molecule has 0 unspecified atom stereocenters. The average Bonchev–Trinajstić information content (AvgIpc) is 2.05. The molecule has 0 saturated heterocycles. The van der Waals surface area contributed by atoms with Gasteiger partial charge in [-0.15, -0.1) is 0 Å². The van der Waals surface area contributed by atoms with Crippen molar-refractivity contribution in [3.05, 3.63) is 0 Å². The van der Waals surface area contributed by atoms with Gasteiger partial charge in [0.25, 0.3) is 0 Å². The molecule has 0 amide bonds. The van der Waals surface area contributed by atoms with Crippen LogP contribution in [0.4, 0.5) is 26.3 Å². The van der Waals surface area contributed by atoms with E-state index in [9.17, 15) is 31.4 Å². The van der Waals surface area contributed by atoms with Crippen molar-refractivity contribution in [3.63, 3.8) is 0 Å². The maximum atomic E-state index is 12.1. The highest BCUT2D eigenvalue weighted by Crippen LogP contribution is 2.35. The minimum absolute atomic E-state index is 0.317. The van der Waals surface area contributed by atoms with E-state index >= 15 is 0 Å². The largest absolute Gasteiger partial charge is 0.466 e. The minimum Gasteiger partial charge on any atom is -0.388 e. The zero-order valence-corrected chi connectivity index (χ0v) is 12.5. The first-order valence-electron chi connectivity index (χ1n) is 5.70. The van der Waals surface area contributed by atoms with Gasteiger partial charge in [0.1, 0.15) is 0 Å². The summed E-state index contributed by atoms with van der Waals surface area (Å²) in [7, 11) is -4.64. The van der Waals surface area contributed by atoms with Crippen LogP contribution in [0.3, 0.4) is 0 Å². The van der Waals surface area contributed by atoms with E-state index in [1.165, 1.54) is 0 Å². The molecule has 6 nitrogen and oxygen atoms in total. The molecule has 13 heteroatoms. The lowest BCUT2D eigenvalue weighted by Gasteiger charge is -2.31. The molecule has 0 fully saturated rings. The predicted molar refractivity (Wildman–Crippen MR) is 63.7 cm³/mol. The Morgan fingerprint density at radius 2 is 1.23 bits per heavy atom. The molecule has 0 atom stereocenters. The number of phosphoric acid groups is 1. The minimum atomic E-state index is -4.85. The third-order valence-electron chi connectivity index (χ3n) is 1.90. The Labute approximate surface area is 122 Å². The first kappa shape index (κ1) is 23.9. The van der Waals surface area contributed by atoms with Gasteiger partial charge in [-0.25, -0.2) is 4.57 Å². The molecular weight excluding hydrogens is 347 g/mol. The van der Waals surface area contributed by atoms with Crippen LogP contribution >= 0.6 is 7.82 Å². The molecule has 0 aromatic rings. The predicted octanol–water partition coefficient (Wildman–Crippen LogP) is 1.69. The molecule has 0 rings (SSSR count). The fraction of sp³-hybridized carbons (Fsp3) is 1.00. The zero-order valence-electron chi connectivity index (χ0n) is 11.6. The van der Waals surface area contributed by atoms with Gasteiger partial charge in [0, 0.05) is 12.6 Å². The smallest absolute Gasteiger partial charge is 0.388 e.